The van der Waals surface area contributed by atoms with Crippen LogP contribution in [-0.4, -0.2) is 24.8 Å². The summed E-state index contributed by atoms with van der Waals surface area (Å²) in [6.07, 6.45) is 2.38. The summed E-state index contributed by atoms with van der Waals surface area (Å²) in [4.78, 5) is 11.6. The first-order valence-electron chi connectivity index (χ1n) is 5.90. The summed E-state index contributed by atoms with van der Waals surface area (Å²) < 4.78 is 9.11. The predicted octanol–water partition coefficient (Wildman–Crippen LogP) is 3.89. The number of carbonyl (C=O) groups excluding carboxylic acids is 1. The quantitative estimate of drug-likeness (QED) is 0.526. The van der Waals surface area contributed by atoms with Gasteiger partial charge in [-0.2, -0.15) is 0 Å². The molecule has 0 heterocycles. The zero-order chi connectivity index (χ0) is 11.9. The van der Waals surface area contributed by atoms with Crippen LogP contribution in [0, 0.1) is 0 Å². The van der Waals surface area contributed by atoms with Gasteiger partial charge in [0.25, 0.3) is 0 Å². The van der Waals surface area contributed by atoms with E-state index in [-0.39, 0.29) is 5.97 Å². The van der Waals surface area contributed by atoms with Crippen molar-refractivity contribution in [3.8, 4) is 0 Å². The molecule has 0 saturated heterocycles. The summed E-state index contributed by atoms with van der Waals surface area (Å²) in [7, 11) is 0. The van der Waals surface area contributed by atoms with Gasteiger partial charge in [0.2, 0.25) is 0 Å². The Morgan fingerprint density at radius 3 is 2.13 bits per heavy atom. The van der Waals surface area contributed by atoms with Crippen molar-refractivity contribution in [3.63, 3.8) is 0 Å². The summed E-state index contributed by atoms with van der Waals surface area (Å²) in [5.74, 6) is -0.161. The molecule has 0 bridgehead atoms. The van der Waals surface area contributed by atoms with Gasteiger partial charge in [0.05, 0.1) is 0 Å². The van der Waals surface area contributed by atoms with E-state index in [0.717, 1.165) is 13.3 Å². The normalized spacial score (nSPS) is 11.2. The molecule has 0 unspecified atom stereocenters. The molecule has 0 radical (unpaired) electrons. The fourth-order valence-corrected chi connectivity index (χ4v) is 10.6. The maximum absolute atomic E-state index is 11.6. The van der Waals surface area contributed by atoms with Crippen LogP contribution in [-0.2, 0) is 7.87 Å². The van der Waals surface area contributed by atoms with E-state index < -0.39 is 18.8 Å². The summed E-state index contributed by atoms with van der Waals surface area (Å²) in [5.41, 5.74) is 0.537. The van der Waals surface area contributed by atoms with Crippen LogP contribution in [0.3, 0.4) is 0 Å². The third-order valence-corrected chi connectivity index (χ3v) is 15.7. The second-order valence-corrected chi connectivity index (χ2v) is 17.0. The van der Waals surface area contributed by atoms with Crippen LogP contribution < -0.4 is 0 Å². The van der Waals surface area contributed by atoms with Gasteiger partial charge in [-0.1, -0.05) is 0 Å². The monoisotopic (exact) mass is 320 g/mol. The van der Waals surface area contributed by atoms with Gasteiger partial charge >= 0.3 is 98.6 Å². The van der Waals surface area contributed by atoms with Crippen molar-refractivity contribution < 1.29 is 7.87 Å². The van der Waals surface area contributed by atoms with Gasteiger partial charge in [-0.3, -0.25) is 0 Å². The molecule has 0 saturated carbocycles. The minimum atomic E-state index is -2.58. The fourth-order valence-electron chi connectivity index (χ4n) is 1.58. The van der Waals surface area contributed by atoms with Gasteiger partial charge in [0.1, 0.15) is 0 Å². The Kier molecular flexibility index (Phi) is 7.31. The van der Waals surface area contributed by atoms with E-state index >= 15 is 0 Å². The Balaban J connectivity index is 4.48. The Morgan fingerprint density at radius 2 is 1.80 bits per heavy atom. The topological polar surface area (TPSA) is 26.3 Å². The van der Waals surface area contributed by atoms with Crippen molar-refractivity contribution in [2.75, 3.05) is 0 Å². The number of unbranched alkanes of at least 4 members (excludes halogenated alkanes) is 1. The molecular weight excluding hydrogens is 295 g/mol. The number of hydrogen-bond acceptors (Lipinski definition) is 2. The van der Waals surface area contributed by atoms with E-state index in [1.165, 1.54) is 12.8 Å². The van der Waals surface area contributed by atoms with Crippen molar-refractivity contribution in [1.29, 1.82) is 0 Å². The van der Waals surface area contributed by atoms with Crippen LogP contribution in [0.25, 0.3) is 0 Å². The van der Waals surface area contributed by atoms with Crippen LogP contribution in [0.2, 0.25) is 13.3 Å². The zero-order valence-electron chi connectivity index (χ0n) is 10.6. The van der Waals surface area contributed by atoms with Gasteiger partial charge in [-0.15, -0.1) is 0 Å². The zero-order valence-corrected chi connectivity index (χ0v) is 13.4. The molecule has 2 nitrogen and oxygen atoms in total. The molecule has 88 valence electrons. The van der Waals surface area contributed by atoms with Crippen LogP contribution >= 0.6 is 0 Å². The van der Waals surface area contributed by atoms with Gasteiger partial charge in [0, 0.05) is 0 Å². The standard InChI is InChI=1S/C4H6O2.C4H9.2C2H5.Sn/c1-3(2)4(5)6;1-3-4-2;2*1-2;/h1H2,2H3,(H,5,6);1,3-4H2,2H3;2*1H2,2H3;/q;;;;+1/p-1. The van der Waals surface area contributed by atoms with E-state index in [1.54, 1.807) is 6.92 Å². The molecule has 15 heavy (non-hydrogen) atoms. The van der Waals surface area contributed by atoms with Crippen LogP contribution in [0.15, 0.2) is 12.2 Å². The molecule has 0 aromatic carbocycles. The SMILES string of the molecule is C=C(C)C(=O)[O][Sn]([CH2]C)([CH2]C)[CH2]CCC. The number of carbonyl (C=O) groups is 1. The van der Waals surface area contributed by atoms with Crippen molar-refractivity contribution in [1.82, 2.24) is 0 Å². The van der Waals surface area contributed by atoms with Gasteiger partial charge in [-0.25, -0.2) is 0 Å². The fraction of sp³-hybridized carbons (Fsp3) is 0.750. The Hall–Kier alpha value is 0.00870. The molecule has 0 aromatic heterocycles. The first kappa shape index (κ1) is 15.0. The Labute approximate surface area is 98.5 Å². The number of rotatable bonds is 7. The molecule has 0 N–H and O–H groups in total. The molecule has 3 heteroatoms. The summed E-state index contributed by atoms with van der Waals surface area (Å²) in [6, 6.07) is 0. The van der Waals surface area contributed by atoms with Crippen LogP contribution in [0.4, 0.5) is 0 Å². The minimum absolute atomic E-state index is 0.161. The summed E-state index contributed by atoms with van der Waals surface area (Å²) >= 11 is -2.58. The first-order chi connectivity index (χ1) is 7.01. The van der Waals surface area contributed by atoms with Crippen molar-refractivity contribution in [3.05, 3.63) is 12.2 Å². The van der Waals surface area contributed by atoms with E-state index in [2.05, 4.69) is 27.4 Å². The summed E-state index contributed by atoms with van der Waals surface area (Å²) in [5, 5.41) is 0. The molecule has 0 aliphatic heterocycles. The number of hydrogen-bond donors (Lipinski definition) is 0. The summed E-state index contributed by atoms with van der Waals surface area (Å²) in [6.45, 7) is 11.9. The van der Waals surface area contributed by atoms with E-state index in [1.807, 2.05) is 0 Å². The molecular formula is C12H24O2Sn. The van der Waals surface area contributed by atoms with Crippen molar-refractivity contribution >= 4 is 24.8 Å². The van der Waals surface area contributed by atoms with E-state index in [9.17, 15) is 4.79 Å². The Morgan fingerprint density at radius 1 is 1.27 bits per heavy atom. The van der Waals surface area contributed by atoms with E-state index in [4.69, 9.17) is 3.07 Å². The van der Waals surface area contributed by atoms with Gasteiger partial charge < -0.3 is 0 Å². The third kappa shape index (κ3) is 5.05. The molecule has 0 aliphatic carbocycles. The predicted molar refractivity (Wildman–Crippen MR) is 67.3 cm³/mol. The molecule has 0 fully saturated rings. The Bertz CT molecular complexity index is 220. The molecule has 0 spiro atoms. The molecule has 0 amide bonds. The van der Waals surface area contributed by atoms with Gasteiger partial charge in [0.15, 0.2) is 0 Å². The molecule has 0 aliphatic rings. The van der Waals surface area contributed by atoms with Crippen LogP contribution in [0.1, 0.15) is 40.5 Å². The maximum atomic E-state index is 11.6. The van der Waals surface area contributed by atoms with Crippen LogP contribution in [0.5, 0.6) is 0 Å². The van der Waals surface area contributed by atoms with E-state index in [0.29, 0.717) is 5.57 Å². The molecule has 0 atom stereocenters. The average Bonchev–Trinajstić information content (AvgIpc) is 2.24. The molecule has 0 aromatic rings. The first-order valence-corrected chi connectivity index (χ1v) is 13.1. The molecule has 0 rings (SSSR count). The van der Waals surface area contributed by atoms with Crippen molar-refractivity contribution in [2.24, 2.45) is 0 Å². The third-order valence-electron chi connectivity index (χ3n) is 2.93. The van der Waals surface area contributed by atoms with Gasteiger partial charge in [-0.05, 0) is 0 Å². The average molecular weight is 319 g/mol. The van der Waals surface area contributed by atoms with Crippen molar-refractivity contribution in [2.45, 2.75) is 53.8 Å². The second kappa shape index (κ2) is 7.31. The second-order valence-electron chi connectivity index (χ2n) is 4.16.